The first-order valence-electron chi connectivity index (χ1n) is 15.5. The van der Waals surface area contributed by atoms with Crippen molar-refractivity contribution in [1.82, 2.24) is 20.9 Å². The number of carbonyl (C=O) groups is 6. The van der Waals surface area contributed by atoms with Crippen LogP contribution < -0.4 is 21.7 Å². The van der Waals surface area contributed by atoms with Crippen molar-refractivity contribution in [2.75, 3.05) is 6.54 Å². The number of ether oxygens (including phenoxy) is 1. The highest BCUT2D eigenvalue weighted by atomic mass is 16.5. The zero-order valence-electron chi connectivity index (χ0n) is 25.8. The van der Waals surface area contributed by atoms with E-state index in [1.54, 1.807) is 26.8 Å². The number of hydrogen-bond acceptors (Lipinski definition) is 8. The van der Waals surface area contributed by atoms with Crippen molar-refractivity contribution in [2.24, 2.45) is 17.1 Å². The predicted octanol–water partition coefficient (Wildman–Crippen LogP) is 2.07. The van der Waals surface area contributed by atoms with Crippen LogP contribution in [0.5, 0.6) is 0 Å². The Hall–Kier alpha value is -3.90. The second kappa shape index (κ2) is 13.8. The second-order valence-corrected chi connectivity index (χ2v) is 13.4. The first-order chi connectivity index (χ1) is 20.8. The number of hydrogen-bond donors (Lipinski definition) is 4. The third-order valence-electron chi connectivity index (χ3n) is 8.77. The monoisotopic (exact) mass is 615 g/mol. The molecule has 44 heavy (non-hydrogen) atoms. The lowest BCUT2D eigenvalue weighted by atomic mass is 9.81. The average molecular weight is 616 g/mol. The van der Waals surface area contributed by atoms with E-state index in [0.717, 1.165) is 32.1 Å². The Kier molecular flexibility index (Phi) is 10.4. The van der Waals surface area contributed by atoms with Gasteiger partial charge in [-0.1, -0.05) is 52.9 Å². The van der Waals surface area contributed by atoms with Crippen LogP contribution in [0, 0.1) is 11.3 Å². The van der Waals surface area contributed by atoms with Gasteiger partial charge in [0.1, 0.15) is 24.2 Å². The fraction of sp³-hybridized carbons (Fsp3) is 0.677. The zero-order valence-corrected chi connectivity index (χ0v) is 25.8. The summed E-state index contributed by atoms with van der Waals surface area (Å²) in [5.74, 6) is -3.25. The largest absolute Gasteiger partial charge is 0.472 e. The van der Waals surface area contributed by atoms with E-state index >= 15 is 0 Å². The molecule has 242 valence electrons. The Morgan fingerprint density at radius 3 is 2.34 bits per heavy atom. The summed E-state index contributed by atoms with van der Waals surface area (Å²) in [6.07, 6.45) is 9.22. The summed E-state index contributed by atoms with van der Waals surface area (Å²) in [4.78, 5) is 79.5. The molecule has 1 aromatic heterocycles. The summed E-state index contributed by atoms with van der Waals surface area (Å²) in [5, 5.41) is 8.29. The molecule has 0 aromatic carbocycles. The highest BCUT2D eigenvalue weighted by Crippen LogP contribution is 2.34. The number of furan rings is 1. The number of primary amides is 1. The first kappa shape index (κ1) is 33.0. The molecule has 1 saturated heterocycles. The summed E-state index contributed by atoms with van der Waals surface area (Å²) < 4.78 is 10.6. The molecule has 5 N–H and O–H groups in total. The topological polar surface area (TPSA) is 190 Å². The smallest absolute Gasteiger partial charge is 0.332 e. The molecule has 3 fully saturated rings. The molecule has 3 unspecified atom stereocenters. The third kappa shape index (κ3) is 8.17. The number of nitrogens with two attached hydrogens (primary N) is 1. The minimum absolute atomic E-state index is 0.00838. The van der Waals surface area contributed by atoms with Crippen LogP contribution >= 0.6 is 0 Å². The van der Waals surface area contributed by atoms with E-state index < -0.39 is 64.6 Å². The van der Waals surface area contributed by atoms with Gasteiger partial charge >= 0.3 is 12.0 Å². The molecule has 1 aromatic rings. The molecule has 2 saturated carbocycles. The lowest BCUT2D eigenvalue weighted by molar-refractivity contribution is -0.154. The standard InChI is InChI=1S/C31H45N5O8/c1-30(2,3)24(34-29(42)35-31(12-5-4-6-13-31)28(41)44-18-20-11-15-43-17-20)27(40)36-14-7-8-22(36)26(39)33-21(16-19-9-10-19)23(37)25(32)38/h11,15,17,19,21-22,24H,4-10,12-14,16,18H2,1-3H3,(H2,32,38)(H,33,39)(H2,34,35,42). The van der Waals surface area contributed by atoms with Crippen molar-refractivity contribution in [3.8, 4) is 0 Å². The molecule has 3 atom stereocenters. The molecule has 2 aliphatic carbocycles. The molecule has 13 nitrogen and oxygen atoms in total. The molecule has 5 amide bonds. The Labute approximate surface area is 257 Å². The summed E-state index contributed by atoms with van der Waals surface area (Å²) in [6, 6.07) is -1.94. The van der Waals surface area contributed by atoms with Crippen LogP contribution in [0.4, 0.5) is 4.79 Å². The van der Waals surface area contributed by atoms with Gasteiger partial charge in [-0.25, -0.2) is 9.59 Å². The molecule has 0 spiro atoms. The van der Waals surface area contributed by atoms with Gasteiger partial charge in [-0.2, -0.15) is 0 Å². The minimum atomic E-state index is -1.24. The number of nitrogens with one attached hydrogen (secondary N) is 3. The number of esters is 1. The van der Waals surface area contributed by atoms with Crippen molar-refractivity contribution in [3.63, 3.8) is 0 Å². The fourth-order valence-corrected chi connectivity index (χ4v) is 6.06. The molecule has 4 rings (SSSR count). The molecule has 2 heterocycles. The molecule has 13 heteroatoms. The van der Waals surface area contributed by atoms with Crippen molar-refractivity contribution >= 4 is 35.5 Å². The number of ketones is 1. The Morgan fingerprint density at radius 2 is 1.75 bits per heavy atom. The van der Waals surface area contributed by atoms with Crippen LogP contribution in [-0.2, 0) is 35.3 Å². The van der Waals surface area contributed by atoms with Crippen molar-refractivity contribution in [2.45, 2.75) is 115 Å². The van der Waals surface area contributed by atoms with Crippen LogP contribution in [0.15, 0.2) is 23.0 Å². The maximum Gasteiger partial charge on any atom is 0.332 e. The average Bonchev–Trinajstić information content (AvgIpc) is 3.41. The lowest BCUT2D eigenvalue weighted by Crippen LogP contribution is -2.63. The number of amides is 5. The van der Waals surface area contributed by atoms with E-state index in [2.05, 4.69) is 16.0 Å². The molecule has 0 bridgehead atoms. The van der Waals surface area contributed by atoms with E-state index in [0.29, 0.717) is 37.7 Å². The number of rotatable bonds is 12. The van der Waals surface area contributed by atoms with Crippen LogP contribution in [0.2, 0.25) is 0 Å². The van der Waals surface area contributed by atoms with Crippen molar-refractivity contribution in [3.05, 3.63) is 24.2 Å². The van der Waals surface area contributed by atoms with Gasteiger partial charge in [0.25, 0.3) is 5.91 Å². The van der Waals surface area contributed by atoms with E-state index in [4.69, 9.17) is 14.9 Å². The summed E-state index contributed by atoms with van der Waals surface area (Å²) >= 11 is 0. The Bertz CT molecular complexity index is 1230. The SMILES string of the molecule is CC(C)(C)C(NC(=O)NC1(C(=O)OCc2ccoc2)CCCCC1)C(=O)N1CCCC1C(=O)NC(CC1CC1)C(=O)C(N)=O. The Balaban J connectivity index is 1.44. The van der Waals surface area contributed by atoms with Gasteiger partial charge in [0.05, 0.1) is 18.6 Å². The zero-order chi connectivity index (χ0) is 32.1. The van der Waals surface area contributed by atoms with Gasteiger partial charge in [-0.15, -0.1) is 0 Å². The third-order valence-corrected chi connectivity index (χ3v) is 8.77. The van der Waals surface area contributed by atoms with Crippen LogP contribution in [0.1, 0.15) is 90.5 Å². The second-order valence-electron chi connectivity index (χ2n) is 13.4. The van der Waals surface area contributed by atoms with Gasteiger partial charge in [-0.3, -0.25) is 19.2 Å². The highest BCUT2D eigenvalue weighted by molar-refractivity contribution is 6.37. The van der Waals surface area contributed by atoms with Gasteiger partial charge in [0, 0.05) is 12.1 Å². The first-order valence-corrected chi connectivity index (χ1v) is 15.5. The summed E-state index contributed by atoms with van der Waals surface area (Å²) in [7, 11) is 0. The van der Waals surface area contributed by atoms with Crippen LogP contribution in [0.3, 0.4) is 0 Å². The fourth-order valence-electron chi connectivity index (χ4n) is 6.06. The predicted molar refractivity (Wildman–Crippen MR) is 157 cm³/mol. The number of likely N-dealkylation sites (tertiary alicyclic amines) is 1. The van der Waals surface area contributed by atoms with Crippen molar-refractivity contribution in [1.29, 1.82) is 0 Å². The van der Waals surface area contributed by atoms with E-state index in [9.17, 15) is 28.8 Å². The highest BCUT2D eigenvalue weighted by Gasteiger charge is 2.46. The summed E-state index contributed by atoms with van der Waals surface area (Å²) in [6.45, 7) is 5.69. The van der Waals surface area contributed by atoms with Crippen molar-refractivity contribution < 1.29 is 37.9 Å². The van der Waals surface area contributed by atoms with E-state index in [1.807, 2.05) is 0 Å². The number of urea groups is 1. The van der Waals surface area contributed by atoms with Crippen LogP contribution in [0.25, 0.3) is 0 Å². The minimum Gasteiger partial charge on any atom is -0.472 e. The molecular weight excluding hydrogens is 570 g/mol. The van der Waals surface area contributed by atoms with E-state index in [-0.39, 0.29) is 19.1 Å². The Morgan fingerprint density at radius 1 is 1.05 bits per heavy atom. The number of Topliss-reactive ketones (excluding diaryl/α,β-unsaturated/α-hetero) is 1. The molecule has 0 radical (unpaired) electrons. The number of nitrogens with zero attached hydrogens (tertiary/aromatic N) is 1. The van der Waals surface area contributed by atoms with Gasteiger partial charge in [0.15, 0.2) is 0 Å². The molecule has 1 aliphatic heterocycles. The van der Waals surface area contributed by atoms with Gasteiger partial charge < -0.3 is 35.7 Å². The quantitative estimate of drug-likeness (QED) is 0.203. The normalized spacial score (nSPS) is 21.1. The maximum atomic E-state index is 14.0. The number of carbonyl (C=O) groups excluding carboxylic acids is 6. The van der Waals surface area contributed by atoms with Gasteiger partial charge in [0.2, 0.25) is 17.6 Å². The maximum absolute atomic E-state index is 14.0. The molecular formula is C31H45N5O8. The van der Waals surface area contributed by atoms with Gasteiger partial charge in [-0.05, 0) is 49.5 Å². The lowest BCUT2D eigenvalue weighted by Gasteiger charge is -2.38. The molecule has 3 aliphatic rings. The summed E-state index contributed by atoms with van der Waals surface area (Å²) in [5.41, 5.74) is 3.92. The van der Waals surface area contributed by atoms with E-state index in [1.165, 1.54) is 17.4 Å². The van der Waals surface area contributed by atoms with Crippen LogP contribution in [-0.4, -0.2) is 70.6 Å².